The van der Waals surface area contributed by atoms with Crippen LogP contribution in [0.1, 0.15) is 85.5 Å². The zero-order valence-electron chi connectivity index (χ0n) is 23.7. The molecule has 1 saturated carbocycles. The van der Waals surface area contributed by atoms with E-state index in [1.807, 2.05) is 36.4 Å². The Morgan fingerprint density at radius 1 is 0.925 bits per heavy atom. The monoisotopic (exact) mass is 540 g/mol. The molecule has 4 rings (SSSR count). The minimum Gasteiger partial charge on any atom is -0.488 e. The standard InChI is InChI=1S/C35H40O5/c1-34(2,3)30-16-11-27(12-17-30)24-40-31-7-5-4-6-28(31)13-8-26(18-19-35(20-21-35)23-32(36)37)22-25-9-14-29(15-10-25)33(38)39/h4-17,26H,18-24H2,1-3H3,(H,36,37)(H,38,39). The smallest absolute Gasteiger partial charge is 0.335 e. The van der Waals surface area contributed by atoms with Crippen molar-refractivity contribution in [3.05, 3.63) is 107 Å². The van der Waals surface area contributed by atoms with Crippen molar-refractivity contribution in [2.45, 2.75) is 71.3 Å². The Kier molecular flexibility index (Phi) is 9.14. The second kappa shape index (κ2) is 12.5. The molecule has 0 bridgehead atoms. The van der Waals surface area contributed by atoms with Crippen molar-refractivity contribution in [3.63, 3.8) is 0 Å². The van der Waals surface area contributed by atoms with Gasteiger partial charge in [-0.3, -0.25) is 4.79 Å². The number of carbonyl (C=O) groups is 2. The van der Waals surface area contributed by atoms with Crippen LogP contribution in [0.3, 0.4) is 0 Å². The van der Waals surface area contributed by atoms with E-state index in [9.17, 15) is 19.8 Å². The van der Waals surface area contributed by atoms with Gasteiger partial charge in [-0.1, -0.05) is 87.5 Å². The molecule has 1 fully saturated rings. The van der Waals surface area contributed by atoms with Gasteiger partial charge in [-0.2, -0.15) is 0 Å². The normalized spacial score (nSPS) is 15.1. The second-order valence-corrected chi connectivity index (χ2v) is 12.2. The lowest BCUT2D eigenvalue weighted by Crippen LogP contribution is -2.11. The van der Waals surface area contributed by atoms with Gasteiger partial charge < -0.3 is 14.9 Å². The molecule has 210 valence electrons. The molecule has 0 aliphatic heterocycles. The molecule has 1 aliphatic carbocycles. The molecule has 0 amide bonds. The average Bonchev–Trinajstić information content (AvgIpc) is 3.68. The summed E-state index contributed by atoms with van der Waals surface area (Å²) in [6.45, 7) is 7.09. The summed E-state index contributed by atoms with van der Waals surface area (Å²) in [6, 6.07) is 23.6. The first-order valence-corrected chi connectivity index (χ1v) is 14.1. The molecule has 5 heteroatoms. The minimum absolute atomic E-state index is 0.0748. The number of allylic oxidation sites excluding steroid dienone is 1. The van der Waals surface area contributed by atoms with Crippen LogP contribution in [0.5, 0.6) is 5.75 Å². The highest BCUT2D eigenvalue weighted by Gasteiger charge is 2.43. The first-order valence-electron chi connectivity index (χ1n) is 14.1. The molecule has 40 heavy (non-hydrogen) atoms. The number of rotatable bonds is 13. The van der Waals surface area contributed by atoms with Crippen molar-refractivity contribution in [1.82, 2.24) is 0 Å². The number of benzene rings is 3. The van der Waals surface area contributed by atoms with E-state index in [1.54, 1.807) is 12.1 Å². The maximum Gasteiger partial charge on any atom is 0.335 e. The average molecular weight is 541 g/mol. The fourth-order valence-corrected chi connectivity index (χ4v) is 5.11. The van der Waals surface area contributed by atoms with Gasteiger partial charge in [0.15, 0.2) is 0 Å². The van der Waals surface area contributed by atoms with Crippen LogP contribution in [-0.4, -0.2) is 22.2 Å². The second-order valence-electron chi connectivity index (χ2n) is 12.2. The number of hydrogen-bond acceptors (Lipinski definition) is 3. The highest BCUT2D eigenvalue weighted by atomic mass is 16.5. The van der Waals surface area contributed by atoms with Gasteiger partial charge in [0, 0.05) is 5.56 Å². The third-order valence-electron chi connectivity index (χ3n) is 7.91. The van der Waals surface area contributed by atoms with Crippen LogP contribution >= 0.6 is 0 Å². The highest BCUT2D eigenvalue weighted by Crippen LogP contribution is 2.53. The quantitative estimate of drug-likeness (QED) is 0.228. The van der Waals surface area contributed by atoms with Crippen LogP contribution < -0.4 is 4.74 Å². The SMILES string of the molecule is CC(C)(C)c1ccc(COc2ccccc2C=CC(CCC2(CC(=O)O)CC2)Cc2ccc(C(=O)O)cc2)cc1. The summed E-state index contributed by atoms with van der Waals surface area (Å²) in [7, 11) is 0. The van der Waals surface area contributed by atoms with E-state index in [1.165, 1.54) is 5.56 Å². The Bertz CT molecular complexity index is 1330. The molecular formula is C35H40O5. The molecule has 1 aliphatic rings. The lowest BCUT2D eigenvalue weighted by atomic mass is 9.87. The van der Waals surface area contributed by atoms with Crippen LogP contribution in [0.2, 0.25) is 0 Å². The predicted octanol–water partition coefficient (Wildman–Crippen LogP) is 8.17. The van der Waals surface area contributed by atoms with Gasteiger partial charge in [0.2, 0.25) is 0 Å². The summed E-state index contributed by atoms with van der Waals surface area (Å²) in [5.41, 5.74) is 4.76. The van der Waals surface area contributed by atoms with Gasteiger partial charge >= 0.3 is 11.9 Å². The summed E-state index contributed by atoms with van der Waals surface area (Å²) in [4.78, 5) is 22.6. The molecule has 1 unspecified atom stereocenters. The van der Waals surface area contributed by atoms with Crippen molar-refractivity contribution in [2.75, 3.05) is 0 Å². The van der Waals surface area contributed by atoms with Gasteiger partial charge in [0.25, 0.3) is 0 Å². The maximum absolute atomic E-state index is 11.4. The Hall–Kier alpha value is -3.86. The Morgan fingerprint density at radius 3 is 2.17 bits per heavy atom. The van der Waals surface area contributed by atoms with Gasteiger partial charge in [-0.25, -0.2) is 4.79 Å². The summed E-state index contributed by atoms with van der Waals surface area (Å²) < 4.78 is 6.23. The van der Waals surface area contributed by atoms with Gasteiger partial charge in [0.05, 0.1) is 12.0 Å². The molecule has 0 radical (unpaired) electrons. The number of aromatic carboxylic acids is 1. The van der Waals surface area contributed by atoms with E-state index in [2.05, 4.69) is 57.2 Å². The molecule has 5 nitrogen and oxygen atoms in total. The molecule has 2 N–H and O–H groups in total. The Balaban J connectivity index is 1.47. The fraction of sp³-hybridized carbons (Fsp3) is 0.371. The van der Waals surface area contributed by atoms with Crippen LogP contribution in [-0.2, 0) is 23.2 Å². The highest BCUT2D eigenvalue weighted by molar-refractivity contribution is 5.87. The zero-order valence-corrected chi connectivity index (χ0v) is 23.7. The number of ether oxygens (including phenoxy) is 1. The lowest BCUT2D eigenvalue weighted by molar-refractivity contribution is -0.138. The zero-order chi connectivity index (χ0) is 28.8. The molecule has 0 aromatic heterocycles. The van der Waals surface area contributed by atoms with E-state index in [4.69, 9.17) is 4.74 Å². The number of carboxylic acids is 2. The fourth-order valence-electron chi connectivity index (χ4n) is 5.11. The van der Waals surface area contributed by atoms with Crippen LogP contribution in [0.15, 0.2) is 78.9 Å². The first kappa shape index (κ1) is 29.1. The number of carboxylic acid groups (broad SMARTS) is 2. The predicted molar refractivity (Wildman–Crippen MR) is 159 cm³/mol. The molecule has 0 saturated heterocycles. The maximum atomic E-state index is 11.4. The van der Waals surface area contributed by atoms with Crippen LogP contribution in [0.4, 0.5) is 0 Å². The minimum atomic E-state index is -0.936. The summed E-state index contributed by atoms with van der Waals surface area (Å²) in [6.07, 6.45) is 8.95. The van der Waals surface area contributed by atoms with E-state index < -0.39 is 11.9 Å². The van der Waals surface area contributed by atoms with E-state index in [0.29, 0.717) is 6.61 Å². The largest absolute Gasteiger partial charge is 0.488 e. The third kappa shape index (κ3) is 8.32. The van der Waals surface area contributed by atoms with Crippen LogP contribution in [0, 0.1) is 11.3 Å². The Morgan fingerprint density at radius 2 is 1.57 bits per heavy atom. The van der Waals surface area contributed by atoms with Crippen molar-refractivity contribution in [3.8, 4) is 5.75 Å². The van der Waals surface area contributed by atoms with Gasteiger partial charge in [-0.05, 0) is 83.7 Å². The van der Waals surface area contributed by atoms with E-state index in [-0.39, 0.29) is 28.7 Å². The lowest BCUT2D eigenvalue weighted by Gasteiger charge is -2.19. The van der Waals surface area contributed by atoms with Crippen molar-refractivity contribution < 1.29 is 24.5 Å². The summed E-state index contributed by atoms with van der Waals surface area (Å²) in [5.74, 6) is -0.672. The number of aliphatic carboxylic acids is 1. The summed E-state index contributed by atoms with van der Waals surface area (Å²) >= 11 is 0. The van der Waals surface area contributed by atoms with Crippen molar-refractivity contribution in [2.24, 2.45) is 11.3 Å². The first-order chi connectivity index (χ1) is 19.0. The number of hydrogen-bond donors (Lipinski definition) is 2. The third-order valence-corrected chi connectivity index (χ3v) is 7.91. The van der Waals surface area contributed by atoms with Crippen LogP contribution in [0.25, 0.3) is 6.08 Å². The topological polar surface area (TPSA) is 83.8 Å². The van der Waals surface area contributed by atoms with Crippen molar-refractivity contribution >= 4 is 18.0 Å². The van der Waals surface area contributed by atoms with E-state index >= 15 is 0 Å². The van der Waals surface area contributed by atoms with E-state index in [0.717, 1.165) is 54.5 Å². The number of para-hydroxylation sites is 1. The summed E-state index contributed by atoms with van der Waals surface area (Å²) in [5, 5.41) is 18.6. The van der Waals surface area contributed by atoms with Gasteiger partial charge in [-0.15, -0.1) is 0 Å². The molecule has 1 atom stereocenters. The molecular weight excluding hydrogens is 500 g/mol. The van der Waals surface area contributed by atoms with Crippen molar-refractivity contribution in [1.29, 1.82) is 0 Å². The van der Waals surface area contributed by atoms with Gasteiger partial charge in [0.1, 0.15) is 12.4 Å². The molecule has 3 aromatic rings. The molecule has 0 spiro atoms. The molecule has 3 aromatic carbocycles. The Labute approximate surface area is 237 Å². The molecule has 0 heterocycles.